The molecular formula is C15H24N4O. The van der Waals surface area contributed by atoms with Crippen molar-refractivity contribution < 1.29 is 4.79 Å². The maximum absolute atomic E-state index is 12.4. The van der Waals surface area contributed by atoms with Gasteiger partial charge >= 0.3 is 0 Å². The third kappa shape index (κ3) is 3.92. The summed E-state index contributed by atoms with van der Waals surface area (Å²) in [6, 6.07) is 1.78. The number of amides is 1. The van der Waals surface area contributed by atoms with Crippen molar-refractivity contribution >= 4 is 11.7 Å². The Labute approximate surface area is 120 Å². The lowest BCUT2D eigenvalue weighted by atomic mass is 10.1. The molecule has 110 valence electrons. The first kappa shape index (κ1) is 14.8. The van der Waals surface area contributed by atoms with Gasteiger partial charge in [-0.05, 0) is 32.6 Å². The smallest absolute Gasteiger partial charge is 0.272 e. The molecule has 5 heteroatoms. The van der Waals surface area contributed by atoms with Crippen molar-refractivity contribution in [1.82, 2.24) is 14.9 Å². The van der Waals surface area contributed by atoms with Crippen LogP contribution in [0.5, 0.6) is 0 Å². The molecule has 1 saturated heterocycles. The number of likely N-dealkylation sites (tertiary alicyclic amines) is 1. The van der Waals surface area contributed by atoms with Gasteiger partial charge in [-0.25, -0.2) is 9.97 Å². The van der Waals surface area contributed by atoms with Crippen LogP contribution >= 0.6 is 0 Å². The minimum absolute atomic E-state index is 0.0359. The number of rotatable bonds is 5. The van der Waals surface area contributed by atoms with Crippen molar-refractivity contribution in [3.63, 3.8) is 0 Å². The summed E-state index contributed by atoms with van der Waals surface area (Å²) in [4.78, 5) is 23.0. The highest BCUT2D eigenvalue weighted by molar-refractivity contribution is 5.93. The van der Waals surface area contributed by atoms with Gasteiger partial charge in [0.1, 0.15) is 17.3 Å². The van der Waals surface area contributed by atoms with Crippen LogP contribution < -0.4 is 5.32 Å². The maximum Gasteiger partial charge on any atom is 0.272 e. The van der Waals surface area contributed by atoms with E-state index in [1.807, 2.05) is 11.8 Å². The lowest BCUT2D eigenvalue weighted by molar-refractivity contribution is 0.0718. The van der Waals surface area contributed by atoms with E-state index < -0.39 is 0 Å². The molecule has 1 fully saturated rings. The molecular weight excluding hydrogens is 252 g/mol. The topological polar surface area (TPSA) is 58.1 Å². The van der Waals surface area contributed by atoms with Gasteiger partial charge in [-0.2, -0.15) is 0 Å². The van der Waals surface area contributed by atoms with Gasteiger partial charge in [0.25, 0.3) is 5.91 Å². The van der Waals surface area contributed by atoms with Gasteiger partial charge in [0, 0.05) is 25.7 Å². The van der Waals surface area contributed by atoms with Crippen LogP contribution in [0.1, 0.15) is 55.3 Å². The minimum Gasteiger partial charge on any atom is -0.370 e. The first-order chi connectivity index (χ1) is 9.70. The summed E-state index contributed by atoms with van der Waals surface area (Å²) in [6.07, 6.45) is 5.64. The number of hydrogen-bond donors (Lipinski definition) is 1. The Balaban J connectivity index is 2.07. The molecule has 0 bridgehead atoms. The number of unbranched alkanes of at least 4 members (excludes halogenated alkanes) is 1. The average molecular weight is 276 g/mol. The van der Waals surface area contributed by atoms with Crippen molar-refractivity contribution in [2.45, 2.75) is 46.0 Å². The lowest BCUT2D eigenvalue weighted by Crippen LogP contribution is -2.36. The van der Waals surface area contributed by atoms with Gasteiger partial charge in [0.05, 0.1) is 0 Å². The Morgan fingerprint density at radius 2 is 2.05 bits per heavy atom. The molecule has 0 atom stereocenters. The molecule has 0 radical (unpaired) electrons. The van der Waals surface area contributed by atoms with Crippen molar-refractivity contribution in [2.75, 3.05) is 25.0 Å². The zero-order valence-electron chi connectivity index (χ0n) is 12.5. The Morgan fingerprint density at radius 1 is 1.30 bits per heavy atom. The lowest BCUT2D eigenvalue weighted by Gasteiger charge is -2.26. The highest BCUT2D eigenvalue weighted by atomic mass is 16.2. The van der Waals surface area contributed by atoms with E-state index in [-0.39, 0.29) is 5.91 Å². The van der Waals surface area contributed by atoms with Crippen molar-refractivity contribution in [1.29, 1.82) is 0 Å². The number of hydrogen-bond acceptors (Lipinski definition) is 4. The summed E-state index contributed by atoms with van der Waals surface area (Å²) < 4.78 is 0. The van der Waals surface area contributed by atoms with Gasteiger partial charge in [0.2, 0.25) is 0 Å². The van der Waals surface area contributed by atoms with E-state index in [0.29, 0.717) is 11.5 Å². The number of nitrogens with zero attached hydrogens (tertiary/aromatic N) is 3. The predicted octanol–water partition coefficient (Wildman–Crippen LogP) is 2.62. The van der Waals surface area contributed by atoms with Gasteiger partial charge in [-0.1, -0.05) is 13.3 Å². The molecule has 20 heavy (non-hydrogen) atoms. The zero-order chi connectivity index (χ0) is 14.4. The van der Waals surface area contributed by atoms with Crippen molar-refractivity contribution in [3.05, 3.63) is 17.6 Å². The van der Waals surface area contributed by atoms with Crippen LogP contribution in [-0.2, 0) is 0 Å². The predicted molar refractivity (Wildman–Crippen MR) is 79.9 cm³/mol. The van der Waals surface area contributed by atoms with Crippen LogP contribution in [0.4, 0.5) is 5.82 Å². The van der Waals surface area contributed by atoms with Crippen LogP contribution in [0.15, 0.2) is 6.07 Å². The van der Waals surface area contributed by atoms with Gasteiger partial charge < -0.3 is 10.2 Å². The highest BCUT2D eigenvalue weighted by Crippen LogP contribution is 2.14. The molecule has 2 heterocycles. The SMILES string of the molecule is CCCCNc1cc(C(=O)N2CCCCC2)nc(C)n1. The Morgan fingerprint density at radius 3 is 2.75 bits per heavy atom. The summed E-state index contributed by atoms with van der Waals surface area (Å²) in [5, 5.41) is 3.26. The van der Waals surface area contributed by atoms with E-state index in [1.54, 1.807) is 6.07 Å². The van der Waals surface area contributed by atoms with Crippen molar-refractivity contribution in [2.24, 2.45) is 0 Å². The summed E-state index contributed by atoms with van der Waals surface area (Å²) in [6.45, 7) is 6.56. The second-order valence-corrected chi connectivity index (χ2v) is 5.32. The Hall–Kier alpha value is -1.65. The minimum atomic E-state index is 0.0359. The summed E-state index contributed by atoms with van der Waals surface area (Å²) in [5.41, 5.74) is 0.512. The second-order valence-electron chi connectivity index (χ2n) is 5.32. The standard InChI is InChI=1S/C15H24N4O/c1-3-4-8-16-14-11-13(17-12(2)18-14)15(20)19-9-6-5-7-10-19/h11H,3-10H2,1-2H3,(H,16,17,18). The monoisotopic (exact) mass is 276 g/mol. The van der Waals surface area contributed by atoms with E-state index in [2.05, 4.69) is 22.2 Å². The van der Waals surface area contributed by atoms with E-state index >= 15 is 0 Å². The molecule has 0 spiro atoms. The fourth-order valence-corrected chi connectivity index (χ4v) is 2.42. The molecule has 0 unspecified atom stereocenters. The molecule has 1 amide bonds. The largest absolute Gasteiger partial charge is 0.370 e. The van der Waals surface area contributed by atoms with E-state index in [4.69, 9.17) is 0 Å². The first-order valence-corrected chi connectivity index (χ1v) is 7.59. The van der Waals surface area contributed by atoms with Crippen LogP contribution in [0, 0.1) is 6.92 Å². The number of nitrogens with one attached hydrogen (secondary N) is 1. The molecule has 1 aliphatic rings. The van der Waals surface area contributed by atoms with Gasteiger partial charge in [-0.3, -0.25) is 4.79 Å². The zero-order valence-corrected chi connectivity index (χ0v) is 12.5. The Kier molecular flexibility index (Phi) is 5.32. The normalized spacial score (nSPS) is 15.2. The van der Waals surface area contributed by atoms with Gasteiger partial charge in [-0.15, -0.1) is 0 Å². The summed E-state index contributed by atoms with van der Waals surface area (Å²) >= 11 is 0. The fourth-order valence-electron chi connectivity index (χ4n) is 2.42. The van der Waals surface area contributed by atoms with Crippen molar-refractivity contribution in [3.8, 4) is 0 Å². The summed E-state index contributed by atoms with van der Waals surface area (Å²) in [5.74, 6) is 1.44. The molecule has 1 aromatic heterocycles. The number of anilines is 1. The number of carbonyl (C=O) groups is 1. The molecule has 0 aliphatic carbocycles. The molecule has 1 N–H and O–H groups in total. The molecule has 2 rings (SSSR count). The molecule has 0 aromatic carbocycles. The van der Waals surface area contributed by atoms with E-state index in [9.17, 15) is 4.79 Å². The number of carbonyl (C=O) groups excluding carboxylic acids is 1. The third-order valence-corrected chi connectivity index (χ3v) is 3.54. The number of aromatic nitrogens is 2. The second kappa shape index (κ2) is 7.22. The molecule has 5 nitrogen and oxygen atoms in total. The van der Waals surface area contributed by atoms with Crippen LogP contribution in [-0.4, -0.2) is 40.4 Å². The Bertz CT molecular complexity index is 455. The number of aryl methyl sites for hydroxylation is 1. The van der Waals surface area contributed by atoms with Crippen LogP contribution in [0.3, 0.4) is 0 Å². The first-order valence-electron chi connectivity index (χ1n) is 7.59. The van der Waals surface area contributed by atoms with E-state index in [1.165, 1.54) is 6.42 Å². The van der Waals surface area contributed by atoms with Gasteiger partial charge in [0.15, 0.2) is 0 Å². The highest BCUT2D eigenvalue weighted by Gasteiger charge is 2.20. The number of piperidine rings is 1. The molecule has 0 saturated carbocycles. The quantitative estimate of drug-likeness (QED) is 0.840. The average Bonchev–Trinajstić information content (AvgIpc) is 2.47. The fraction of sp³-hybridized carbons (Fsp3) is 0.667. The van der Waals surface area contributed by atoms with E-state index in [0.717, 1.165) is 51.1 Å². The third-order valence-electron chi connectivity index (χ3n) is 3.54. The van der Waals surface area contributed by atoms with Crippen LogP contribution in [0.2, 0.25) is 0 Å². The van der Waals surface area contributed by atoms with Crippen LogP contribution in [0.25, 0.3) is 0 Å². The molecule has 1 aliphatic heterocycles. The molecule has 1 aromatic rings. The maximum atomic E-state index is 12.4. The summed E-state index contributed by atoms with van der Waals surface area (Å²) in [7, 11) is 0.